The highest BCUT2D eigenvalue weighted by Gasteiger charge is 2.52. The van der Waals surface area contributed by atoms with Crippen LogP contribution >= 0.6 is 0 Å². The molecule has 0 spiro atoms. The third-order valence-corrected chi connectivity index (χ3v) is 2.66. The minimum Gasteiger partial charge on any atom is -0.481 e. The van der Waals surface area contributed by atoms with Crippen molar-refractivity contribution in [2.75, 3.05) is 0 Å². The molecule has 0 atom stereocenters. The minimum absolute atomic E-state index is 0.621. The average Bonchev–Trinajstić information content (AvgIpc) is 2.84. The lowest BCUT2D eigenvalue weighted by Gasteiger charge is -2.04. The summed E-state index contributed by atoms with van der Waals surface area (Å²) in [6.07, 6.45) is 6.62. The van der Waals surface area contributed by atoms with Crippen molar-refractivity contribution in [1.82, 2.24) is 9.78 Å². The molecule has 0 aromatic carbocycles. The van der Waals surface area contributed by atoms with Crippen LogP contribution < -0.4 is 0 Å². The van der Waals surface area contributed by atoms with Crippen LogP contribution in [-0.4, -0.2) is 20.9 Å². The molecule has 4 heteroatoms. The van der Waals surface area contributed by atoms with Crippen molar-refractivity contribution < 1.29 is 9.90 Å². The largest absolute Gasteiger partial charge is 0.481 e. The molecule has 14 heavy (non-hydrogen) atoms. The summed E-state index contributed by atoms with van der Waals surface area (Å²) in [5.74, 6) is -0.740. The fourth-order valence-electron chi connectivity index (χ4n) is 1.59. The molecule has 0 bridgehead atoms. The van der Waals surface area contributed by atoms with Gasteiger partial charge in [-0.3, -0.25) is 9.48 Å². The summed E-state index contributed by atoms with van der Waals surface area (Å²) in [6.45, 7) is 4.22. The van der Waals surface area contributed by atoms with E-state index >= 15 is 0 Å². The van der Waals surface area contributed by atoms with Crippen LogP contribution in [-0.2, 0) is 16.8 Å². The van der Waals surface area contributed by atoms with Gasteiger partial charge in [-0.25, -0.2) is 0 Å². The highest BCUT2D eigenvalue weighted by atomic mass is 16.4. The highest BCUT2D eigenvalue weighted by molar-refractivity contribution is 5.84. The smallest absolute Gasteiger partial charge is 0.314 e. The van der Waals surface area contributed by atoms with Gasteiger partial charge in [0, 0.05) is 11.8 Å². The first kappa shape index (κ1) is 8.99. The van der Waals surface area contributed by atoms with Crippen molar-refractivity contribution in [1.29, 1.82) is 0 Å². The number of nitrogens with zero attached hydrogens (tertiary/aromatic N) is 2. The molecule has 0 saturated heterocycles. The molecular formula is C10H12N2O2. The number of rotatable bonds is 4. The topological polar surface area (TPSA) is 55.1 Å². The summed E-state index contributed by atoms with van der Waals surface area (Å²) >= 11 is 0. The van der Waals surface area contributed by atoms with Crippen molar-refractivity contribution in [2.24, 2.45) is 0 Å². The minimum atomic E-state index is -0.740. The molecule has 0 aliphatic heterocycles. The number of hydrogen-bond donors (Lipinski definition) is 1. The molecule has 1 aliphatic carbocycles. The van der Waals surface area contributed by atoms with Crippen LogP contribution in [0.25, 0.3) is 0 Å². The molecule has 1 saturated carbocycles. The van der Waals surface area contributed by atoms with Gasteiger partial charge in [0.1, 0.15) is 0 Å². The fourth-order valence-corrected chi connectivity index (χ4v) is 1.59. The third kappa shape index (κ3) is 1.23. The first-order valence-corrected chi connectivity index (χ1v) is 4.56. The number of allylic oxidation sites excluding steroid dienone is 1. The van der Waals surface area contributed by atoms with Gasteiger partial charge in [-0.2, -0.15) is 5.10 Å². The average molecular weight is 192 g/mol. The van der Waals surface area contributed by atoms with Gasteiger partial charge in [0.05, 0.1) is 18.2 Å². The molecule has 1 fully saturated rings. The van der Waals surface area contributed by atoms with Crippen molar-refractivity contribution in [3.63, 3.8) is 0 Å². The fraction of sp³-hybridized carbons (Fsp3) is 0.400. The maximum absolute atomic E-state index is 11.0. The van der Waals surface area contributed by atoms with Crippen LogP contribution in [0, 0.1) is 0 Å². The van der Waals surface area contributed by atoms with Crippen LogP contribution in [0.15, 0.2) is 25.0 Å². The Morgan fingerprint density at radius 2 is 2.50 bits per heavy atom. The van der Waals surface area contributed by atoms with E-state index in [0.29, 0.717) is 6.54 Å². The maximum atomic E-state index is 11.0. The summed E-state index contributed by atoms with van der Waals surface area (Å²) < 4.78 is 1.70. The zero-order valence-corrected chi connectivity index (χ0v) is 7.81. The molecular weight excluding hydrogens is 180 g/mol. The van der Waals surface area contributed by atoms with Gasteiger partial charge in [-0.1, -0.05) is 6.08 Å². The van der Waals surface area contributed by atoms with Crippen LogP contribution in [0.1, 0.15) is 18.4 Å². The van der Waals surface area contributed by atoms with Crippen LogP contribution in [0.5, 0.6) is 0 Å². The lowest BCUT2D eigenvalue weighted by Crippen LogP contribution is -2.18. The van der Waals surface area contributed by atoms with Crippen molar-refractivity contribution in [3.8, 4) is 0 Å². The van der Waals surface area contributed by atoms with Gasteiger partial charge in [0.25, 0.3) is 0 Å². The van der Waals surface area contributed by atoms with Gasteiger partial charge < -0.3 is 5.11 Å². The molecule has 4 nitrogen and oxygen atoms in total. The Bertz CT molecular complexity index is 377. The summed E-state index contributed by atoms with van der Waals surface area (Å²) in [5, 5.41) is 13.1. The molecule has 1 aromatic rings. The predicted octanol–water partition coefficient (Wildman–Crippen LogP) is 1.19. The van der Waals surface area contributed by atoms with Gasteiger partial charge in [-0.15, -0.1) is 6.58 Å². The number of carboxylic acid groups (broad SMARTS) is 1. The Hall–Kier alpha value is -1.58. The van der Waals surface area contributed by atoms with E-state index in [-0.39, 0.29) is 0 Å². The van der Waals surface area contributed by atoms with Gasteiger partial charge in [0.15, 0.2) is 0 Å². The van der Waals surface area contributed by atoms with E-state index in [9.17, 15) is 4.79 Å². The molecule has 1 heterocycles. The second-order valence-corrected chi connectivity index (χ2v) is 3.63. The van der Waals surface area contributed by atoms with Gasteiger partial charge >= 0.3 is 5.97 Å². The van der Waals surface area contributed by atoms with E-state index in [1.54, 1.807) is 23.2 Å². The monoisotopic (exact) mass is 192 g/mol. The Kier molecular flexibility index (Phi) is 1.91. The van der Waals surface area contributed by atoms with E-state index in [1.165, 1.54) is 0 Å². The lowest BCUT2D eigenvalue weighted by atomic mass is 10.0. The van der Waals surface area contributed by atoms with E-state index in [4.69, 9.17) is 5.11 Å². The molecule has 0 unspecified atom stereocenters. The number of hydrogen-bond acceptors (Lipinski definition) is 2. The maximum Gasteiger partial charge on any atom is 0.314 e. The first-order chi connectivity index (χ1) is 6.69. The predicted molar refractivity (Wildman–Crippen MR) is 51.0 cm³/mol. The van der Waals surface area contributed by atoms with Crippen molar-refractivity contribution in [3.05, 3.63) is 30.6 Å². The van der Waals surface area contributed by atoms with E-state index in [0.717, 1.165) is 18.4 Å². The SMILES string of the molecule is C=CCn1cc(C2(C(=O)O)CC2)cn1. The number of aromatic nitrogens is 2. The second-order valence-electron chi connectivity index (χ2n) is 3.63. The van der Waals surface area contributed by atoms with Crippen LogP contribution in [0.2, 0.25) is 0 Å². The zero-order chi connectivity index (χ0) is 10.2. The Balaban J connectivity index is 2.25. The molecule has 2 rings (SSSR count). The van der Waals surface area contributed by atoms with Crippen molar-refractivity contribution >= 4 is 5.97 Å². The number of carboxylic acids is 1. The number of aliphatic carboxylic acids is 1. The summed E-state index contributed by atoms with van der Waals surface area (Å²) in [5.41, 5.74) is 0.172. The van der Waals surface area contributed by atoms with Crippen LogP contribution in [0.4, 0.5) is 0 Å². The van der Waals surface area contributed by atoms with Gasteiger partial charge in [-0.05, 0) is 12.8 Å². The van der Waals surface area contributed by atoms with Gasteiger partial charge in [0.2, 0.25) is 0 Å². The Morgan fingerprint density at radius 1 is 1.79 bits per heavy atom. The molecule has 0 amide bonds. The number of carbonyl (C=O) groups is 1. The second kappa shape index (κ2) is 2.97. The Labute approximate surface area is 81.9 Å². The molecule has 0 radical (unpaired) electrons. The normalized spacial score (nSPS) is 17.7. The Morgan fingerprint density at radius 3 is 3.00 bits per heavy atom. The molecule has 1 N–H and O–H groups in total. The molecule has 1 aliphatic rings. The summed E-state index contributed by atoms with van der Waals surface area (Å²) in [4.78, 5) is 11.0. The zero-order valence-electron chi connectivity index (χ0n) is 7.81. The van der Waals surface area contributed by atoms with E-state index in [1.807, 2.05) is 0 Å². The summed E-state index contributed by atoms with van der Waals surface area (Å²) in [7, 11) is 0. The van der Waals surface area contributed by atoms with Crippen molar-refractivity contribution in [2.45, 2.75) is 24.8 Å². The van der Waals surface area contributed by atoms with E-state index in [2.05, 4.69) is 11.7 Å². The summed E-state index contributed by atoms with van der Waals surface area (Å²) in [6, 6.07) is 0. The van der Waals surface area contributed by atoms with Crippen LogP contribution in [0.3, 0.4) is 0 Å². The quantitative estimate of drug-likeness (QED) is 0.729. The standard InChI is InChI=1S/C10H12N2O2/c1-2-5-12-7-8(6-11-12)10(3-4-10)9(13)14/h2,6-7H,1,3-5H2,(H,13,14). The molecule has 1 aromatic heterocycles. The van der Waals surface area contributed by atoms with E-state index < -0.39 is 11.4 Å². The first-order valence-electron chi connectivity index (χ1n) is 4.56. The highest BCUT2D eigenvalue weighted by Crippen LogP contribution is 2.48. The molecule has 74 valence electrons. The lowest BCUT2D eigenvalue weighted by molar-refractivity contribution is -0.140. The third-order valence-electron chi connectivity index (χ3n) is 2.66.